The van der Waals surface area contributed by atoms with Gasteiger partial charge in [0, 0.05) is 25.3 Å². The molecule has 0 radical (unpaired) electrons. The molecule has 0 saturated heterocycles. The monoisotopic (exact) mass is 337 g/mol. The first-order chi connectivity index (χ1) is 11.3. The summed E-state index contributed by atoms with van der Waals surface area (Å²) >= 11 is 0. The van der Waals surface area contributed by atoms with Crippen LogP contribution in [0.5, 0.6) is 0 Å². The van der Waals surface area contributed by atoms with Gasteiger partial charge in [0.1, 0.15) is 5.69 Å². The minimum Gasteiger partial charge on any atom is -0.307 e. The zero-order valence-corrected chi connectivity index (χ0v) is 12.8. The Kier molecular flexibility index (Phi) is 3.90. The van der Waals surface area contributed by atoms with Gasteiger partial charge in [-0.25, -0.2) is 4.68 Å². The number of rotatable bonds is 1. The predicted molar refractivity (Wildman–Crippen MR) is 80.9 cm³/mol. The van der Waals surface area contributed by atoms with E-state index in [1.807, 2.05) is 0 Å². The minimum absolute atomic E-state index is 0.0739. The SMILES string of the molecule is Cn1nc(C(=O)N2CCCc3cc(C(F)(F)F)ccc32)ccc1=O. The van der Waals surface area contributed by atoms with Crippen LogP contribution in [0.4, 0.5) is 18.9 Å². The number of hydrogen-bond acceptors (Lipinski definition) is 3. The average Bonchev–Trinajstić information content (AvgIpc) is 2.55. The van der Waals surface area contributed by atoms with Gasteiger partial charge in [0.15, 0.2) is 0 Å². The van der Waals surface area contributed by atoms with Crippen LogP contribution in [-0.2, 0) is 19.6 Å². The Bertz CT molecular complexity index is 858. The molecule has 3 rings (SSSR count). The largest absolute Gasteiger partial charge is 0.416 e. The molecule has 1 aromatic carbocycles. The fourth-order valence-corrected chi connectivity index (χ4v) is 2.74. The average molecular weight is 337 g/mol. The number of aromatic nitrogens is 2. The van der Waals surface area contributed by atoms with Gasteiger partial charge >= 0.3 is 6.18 Å². The van der Waals surface area contributed by atoms with Crippen molar-refractivity contribution in [2.45, 2.75) is 19.0 Å². The summed E-state index contributed by atoms with van der Waals surface area (Å²) in [4.78, 5) is 25.4. The second-order valence-corrected chi connectivity index (χ2v) is 5.58. The lowest BCUT2D eigenvalue weighted by Gasteiger charge is -2.29. The summed E-state index contributed by atoms with van der Waals surface area (Å²) in [6.07, 6.45) is -3.38. The van der Waals surface area contributed by atoms with Crippen molar-refractivity contribution < 1.29 is 18.0 Å². The smallest absolute Gasteiger partial charge is 0.307 e. The molecule has 126 valence electrons. The fraction of sp³-hybridized carbons (Fsp3) is 0.312. The highest BCUT2D eigenvalue weighted by molar-refractivity contribution is 6.05. The molecular formula is C16H14F3N3O2. The van der Waals surface area contributed by atoms with E-state index in [0.717, 1.165) is 16.8 Å². The van der Waals surface area contributed by atoms with Gasteiger partial charge in [-0.15, -0.1) is 0 Å². The standard InChI is InChI=1S/C16H14F3N3O2/c1-21-14(23)7-5-12(20-21)15(24)22-8-2-3-10-9-11(16(17,18)19)4-6-13(10)22/h4-7,9H,2-3,8H2,1H3. The first-order valence-corrected chi connectivity index (χ1v) is 7.34. The number of halogens is 3. The number of aryl methyl sites for hydroxylation is 2. The van der Waals surface area contributed by atoms with Gasteiger partial charge < -0.3 is 4.90 Å². The van der Waals surface area contributed by atoms with Crippen LogP contribution in [0.25, 0.3) is 0 Å². The van der Waals surface area contributed by atoms with Gasteiger partial charge in [0.2, 0.25) is 0 Å². The Morgan fingerprint density at radius 1 is 1.21 bits per heavy atom. The summed E-state index contributed by atoms with van der Waals surface area (Å²) < 4.78 is 39.6. The number of hydrogen-bond donors (Lipinski definition) is 0. The van der Waals surface area contributed by atoms with Gasteiger partial charge in [0.05, 0.1) is 5.56 Å². The Labute approximate surface area is 135 Å². The highest BCUT2D eigenvalue weighted by Gasteiger charge is 2.33. The van der Waals surface area contributed by atoms with Crippen LogP contribution < -0.4 is 10.5 Å². The first kappa shape index (κ1) is 16.2. The molecule has 2 aromatic rings. The summed E-state index contributed by atoms with van der Waals surface area (Å²) in [5.41, 5.74) is -0.0646. The third-order valence-electron chi connectivity index (χ3n) is 3.95. The molecule has 1 amide bonds. The molecule has 0 spiro atoms. The zero-order chi connectivity index (χ0) is 17.5. The molecule has 0 fully saturated rings. The molecule has 0 atom stereocenters. The van der Waals surface area contributed by atoms with E-state index in [2.05, 4.69) is 5.10 Å². The van der Waals surface area contributed by atoms with E-state index in [0.29, 0.717) is 30.6 Å². The van der Waals surface area contributed by atoms with E-state index >= 15 is 0 Å². The van der Waals surface area contributed by atoms with E-state index < -0.39 is 17.6 Å². The summed E-state index contributed by atoms with van der Waals surface area (Å²) in [5, 5.41) is 3.91. The summed E-state index contributed by atoms with van der Waals surface area (Å²) in [6.45, 7) is 0.391. The Hall–Kier alpha value is -2.64. The molecule has 0 unspecified atom stereocenters. The fourth-order valence-electron chi connectivity index (χ4n) is 2.74. The quantitative estimate of drug-likeness (QED) is 0.803. The van der Waals surface area contributed by atoms with Crippen molar-refractivity contribution in [1.82, 2.24) is 9.78 Å². The lowest BCUT2D eigenvalue weighted by molar-refractivity contribution is -0.137. The van der Waals surface area contributed by atoms with Crippen LogP contribution in [0.1, 0.15) is 28.0 Å². The third kappa shape index (κ3) is 2.91. The van der Waals surface area contributed by atoms with Crippen molar-refractivity contribution in [2.24, 2.45) is 7.05 Å². The summed E-state index contributed by atoms with van der Waals surface area (Å²) in [6, 6.07) is 5.93. The Morgan fingerprint density at radius 2 is 1.96 bits per heavy atom. The number of amides is 1. The minimum atomic E-state index is -4.42. The number of anilines is 1. The maximum atomic E-state index is 12.8. The molecule has 0 bridgehead atoms. The van der Waals surface area contributed by atoms with E-state index in [1.54, 1.807) is 0 Å². The van der Waals surface area contributed by atoms with Gasteiger partial charge in [-0.2, -0.15) is 18.3 Å². The Morgan fingerprint density at radius 3 is 2.62 bits per heavy atom. The number of alkyl halides is 3. The predicted octanol–water partition coefficient (Wildman–Crippen LogP) is 2.39. The van der Waals surface area contributed by atoms with E-state index in [9.17, 15) is 22.8 Å². The second-order valence-electron chi connectivity index (χ2n) is 5.58. The molecule has 1 aliphatic rings. The number of benzene rings is 1. The van der Waals surface area contributed by atoms with Crippen LogP contribution in [-0.4, -0.2) is 22.2 Å². The van der Waals surface area contributed by atoms with E-state index in [1.165, 1.54) is 30.1 Å². The van der Waals surface area contributed by atoms with Crippen molar-refractivity contribution in [2.75, 3.05) is 11.4 Å². The summed E-state index contributed by atoms with van der Waals surface area (Å²) in [5.74, 6) is -0.439. The normalized spacial score (nSPS) is 14.4. The highest BCUT2D eigenvalue weighted by atomic mass is 19.4. The van der Waals surface area contributed by atoms with E-state index in [-0.39, 0.29) is 11.3 Å². The molecule has 8 heteroatoms. The van der Waals surface area contributed by atoms with Gasteiger partial charge in [-0.05, 0) is 42.7 Å². The maximum absolute atomic E-state index is 12.8. The van der Waals surface area contributed by atoms with Crippen molar-refractivity contribution in [3.8, 4) is 0 Å². The van der Waals surface area contributed by atoms with Crippen LogP contribution in [0.3, 0.4) is 0 Å². The van der Waals surface area contributed by atoms with Gasteiger partial charge in [-0.1, -0.05) is 0 Å². The molecular weight excluding hydrogens is 323 g/mol. The Balaban J connectivity index is 1.98. The van der Waals surface area contributed by atoms with Crippen molar-refractivity contribution in [1.29, 1.82) is 0 Å². The van der Waals surface area contributed by atoms with Crippen molar-refractivity contribution in [3.05, 3.63) is 57.5 Å². The van der Waals surface area contributed by atoms with Crippen molar-refractivity contribution >= 4 is 11.6 Å². The van der Waals surface area contributed by atoms with Crippen LogP contribution >= 0.6 is 0 Å². The molecule has 0 saturated carbocycles. The number of carbonyl (C=O) groups excluding carboxylic acids is 1. The third-order valence-corrected chi connectivity index (χ3v) is 3.95. The van der Waals surface area contributed by atoms with Gasteiger partial charge in [-0.3, -0.25) is 9.59 Å². The van der Waals surface area contributed by atoms with Crippen molar-refractivity contribution in [3.63, 3.8) is 0 Å². The number of nitrogens with zero attached hydrogens (tertiary/aromatic N) is 3. The van der Waals surface area contributed by atoms with Gasteiger partial charge in [0.25, 0.3) is 11.5 Å². The topological polar surface area (TPSA) is 55.2 Å². The lowest BCUT2D eigenvalue weighted by Crippen LogP contribution is -2.37. The molecule has 5 nitrogen and oxygen atoms in total. The number of fused-ring (bicyclic) bond motifs is 1. The van der Waals surface area contributed by atoms with E-state index in [4.69, 9.17) is 0 Å². The number of carbonyl (C=O) groups is 1. The molecule has 24 heavy (non-hydrogen) atoms. The lowest BCUT2D eigenvalue weighted by atomic mass is 9.98. The van der Waals surface area contributed by atoms with Crippen LogP contribution in [0, 0.1) is 0 Å². The molecule has 1 aliphatic heterocycles. The zero-order valence-electron chi connectivity index (χ0n) is 12.8. The maximum Gasteiger partial charge on any atom is 0.416 e. The molecule has 1 aromatic heterocycles. The molecule has 2 heterocycles. The van der Waals surface area contributed by atoms with Crippen LogP contribution in [0.15, 0.2) is 35.1 Å². The molecule has 0 N–H and O–H groups in total. The summed E-state index contributed by atoms with van der Waals surface area (Å²) in [7, 11) is 1.43. The van der Waals surface area contributed by atoms with Crippen LogP contribution in [0.2, 0.25) is 0 Å². The highest BCUT2D eigenvalue weighted by Crippen LogP contribution is 2.35. The second kappa shape index (κ2) is 5.77. The first-order valence-electron chi connectivity index (χ1n) is 7.34. The molecule has 0 aliphatic carbocycles.